The fourth-order valence-electron chi connectivity index (χ4n) is 2.64. The Morgan fingerprint density at radius 3 is 2.43 bits per heavy atom. The normalized spacial score (nSPS) is 10.8. The van der Waals surface area contributed by atoms with E-state index in [0.29, 0.717) is 21.6 Å². The molecule has 7 nitrogen and oxygen atoms in total. The first-order valence-corrected chi connectivity index (χ1v) is 9.74. The van der Waals surface area contributed by atoms with Crippen LogP contribution in [0.4, 0.5) is 0 Å². The number of nitrogens with zero attached hydrogens (tertiary/aromatic N) is 2. The lowest BCUT2D eigenvalue weighted by Crippen LogP contribution is -2.42. The molecule has 3 aromatic rings. The van der Waals surface area contributed by atoms with Crippen LogP contribution in [0.5, 0.6) is 0 Å². The van der Waals surface area contributed by atoms with Crippen molar-refractivity contribution in [2.24, 2.45) is 0 Å². The third-order valence-electron chi connectivity index (χ3n) is 3.98. The number of amides is 2. The summed E-state index contributed by atoms with van der Waals surface area (Å²) in [5, 5.41) is 1.00. The van der Waals surface area contributed by atoms with E-state index in [2.05, 4.69) is 15.8 Å². The van der Waals surface area contributed by atoms with Crippen molar-refractivity contribution in [3.63, 3.8) is 0 Å². The quantitative estimate of drug-likeness (QED) is 0.393. The molecule has 0 aliphatic rings. The van der Waals surface area contributed by atoms with Crippen LogP contribution in [0.3, 0.4) is 0 Å². The molecule has 8 heteroatoms. The van der Waals surface area contributed by atoms with Crippen LogP contribution in [-0.2, 0) is 4.79 Å². The number of nitrogens with one attached hydrogen (secondary N) is 2. The van der Waals surface area contributed by atoms with Crippen molar-refractivity contribution in [1.82, 2.24) is 20.4 Å². The molecule has 2 N–H and O–H groups in total. The highest BCUT2D eigenvalue weighted by atomic mass is 32.2. The molecular formula is C20H20N4O3S. The Kier molecular flexibility index (Phi) is 6.10. The maximum absolute atomic E-state index is 12.8. The van der Waals surface area contributed by atoms with Gasteiger partial charge < -0.3 is 0 Å². The molecule has 144 valence electrons. The van der Waals surface area contributed by atoms with Gasteiger partial charge in [0.25, 0.3) is 11.5 Å². The van der Waals surface area contributed by atoms with Crippen LogP contribution in [0.15, 0.2) is 64.5 Å². The Balaban J connectivity index is 1.69. The third-order valence-corrected chi connectivity index (χ3v) is 4.93. The number of carbonyl (C=O) groups excluding carboxylic acids is 2. The van der Waals surface area contributed by atoms with Crippen LogP contribution in [0.25, 0.3) is 10.9 Å². The minimum Gasteiger partial charge on any atom is -0.285 e. The second-order valence-corrected chi connectivity index (χ2v) is 7.28. The van der Waals surface area contributed by atoms with Gasteiger partial charge in [0, 0.05) is 11.6 Å². The lowest BCUT2D eigenvalue weighted by Gasteiger charge is -2.16. The van der Waals surface area contributed by atoms with Gasteiger partial charge >= 0.3 is 0 Å². The molecule has 0 aliphatic carbocycles. The Morgan fingerprint density at radius 2 is 1.71 bits per heavy atom. The van der Waals surface area contributed by atoms with E-state index in [9.17, 15) is 14.4 Å². The summed E-state index contributed by atoms with van der Waals surface area (Å²) in [4.78, 5) is 41.4. The van der Waals surface area contributed by atoms with Crippen molar-refractivity contribution in [3.8, 4) is 0 Å². The molecule has 0 aliphatic heterocycles. The van der Waals surface area contributed by atoms with E-state index in [0.717, 1.165) is 11.8 Å². The van der Waals surface area contributed by atoms with Crippen LogP contribution in [0, 0.1) is 0 Å². The van der Waals surface area contributed by atoms with Crippen molar-refractivity contribution in [3.05, 3.63) is 70.5 Å². The van der Waals surface area contributed by atoms with Crippen LogP contribution in [0.2, 0.25) is 0 Å². The van der Waals surface area contributed by atoms with E-state index >= 15 is 0 Å². The number of benzene rings is 2. The summed E-state index contributed by atoms with van der Waals surface area (Å²) < 4.78 is 1.57. The highest BCUT2D eigenvalue weighted by Crippen LogP contribution is 2.20. The summed E-state index contributed by atoms with van der Waals surface area (Å²) in [6.45, 7) is 3.78. The van der Waals surface area contributed by atoms with E-state index in [1.54, 1.807) is 53.1 Å². The summed E-state index contributed by atoms with van der Waals surface area (Å²) in [5.74, 6) is -0.791. The van der Waals surface area contributed by atoms with Gasteiger partial charge in [-0.3, -0.25) is 29.8 Å². The van der Waals surface area contributed by atoms with Crippen LogP contribution in [0.1, 0.15) is 30.2 Å². The molecule has 0 radical (unpaired) electrons. The molecule has 2 aromatic carbocycles. The van der Waals surface area contributed by atoms with E-state index in [-0.39, 0.29) is 17.4 Å². The molecule has 28 heavy (non-hydrogen) atoms. The van der Waals surface area contributed by atoms with Crippen LogP contribution < -0.4 is 16.4 Å². The number of carbonyl (C=O) groups is 2. The number of thioether (sulfide) groups is 1. The maximum Gasteiger partial charge on any atom is 0.269 e. The fraction of sp³-hybridized carbons (Fsp3) is 0.200. The molecule has 0 spiro atoms. The SMILES string of the molecule is CC(C)n1c(SCC(=O)NNC(=O)c2ccccc2)nc2ccccc2c1=O. The summed E-state index contributed by atoms with van der Waals surface area (Å²) in [6, 6.07) is 15.6. The molecule has 0 saturated carbocycles. The predicted octanol–water partition coefficient (Wildman–Crippen LogP) is 2.53. The maximum atomic E-state index is 12.8. The van der Waals surface area contributed by atoms with Gasteiger partial charge in [0.15, 0.2) is 5.16 Å². The number of rotatable bonds is 5. The second-order valence-electron chi connectivity index (χ2n) is 6.34. The van der Waals surface area contributed by atoms with Gasteiger partial charge in [-0.1, -0.05) is 42.1 Å². The molecule has 1 heterocycles. The minimum absolute atomic E-state index is 0.00652. The zero-order valence-corrected chi connectivity index (χ0v) is 16.3. The van der Waals surface area contributed by atoms with Crippen molar-refractivity contribution in [2.45, 2.75) is 25.0 Å². The molecule has 0 saturated heterocycles. The van der Waals surface area contributed by atoms with Crippen molar-refractivity contribution >= 4 is 34.5 Å². The smallest absolute Gasteiger partial charge is 0.269 e. The average Bonchev–Trinajstić information content (AvgIpc) is 2.70. The molecule has 0 unspecified atom stereocenters. The lowest BCUT2D eigenvalue weighted by molar-refractivity contribution is -0.119. The highest BCUT2D eigenvalue weighted by molar-refractivity contribution is 7.99. The Hall–Kier alpha value is -3.13. The Bertz CT molecular complexity index is 1060. The minimum atomic E-state index is -0.401. The van der Waals surface area contributed by atoms with Crippen LogP contribution in [-0.4, -0.2) is 27.1 Å². The van der Waals surface area contributed by atoms with Gasteiger partial charge in [0.05, 0.1) is 16.7 Å². The van der Waals surface area contributed by atoms with E-state index in [1.807, 2.05) is 19.9 Å². The lowest BCUT2D eigenvalue weighted by atomic mass is 10.2. The Labute approximate surface area is 166 Å². The number of hydrogen-bond donors (Lipinski definition) is 2. The van der Waals surface area contributed by atoms with Gasteiger partial charge in [-0.15, -0.1) is 0 Å². The second kappa shape index (κ2) is 8.71. The molecule has 2 amide bonds. The van der Waals surface area contributed by atoms with Gasteiger partial charge in [-0.25, -0.2) is 4.98 Å². The third kappa shape index (κ3) is 4.40. The summed E-state index contributed by atoms with van der Waals surface area (Å²) >= 11 is 1.15. The van der Waals surface area contributed by atoms with Gasteiger partial charge in [-0.05, 0) is 38.1 Å². The monoisotopic (exact) mass is 396 g/mol. The number of aromatic nitrogens is 2. The highest BCUT2D eigenvalue weighted by Gasteiger charge is 2.15. The zero-order chi connectivity index (χ0) is 20.1. The Morgan fingerprint density at radius 1 is 1.04 bits per heavy atom. The largest absolute Gasteiger partial charge is 0.285 e. The molecule has 0 atom stereocenters. The first-order valence-electron chi connectivity index (χ1n) is 8.75. The number of para-hydroxylation sites is 1. The van der Waals surface area contributed by atoms with E-state index < -0.39 is 11.8 Å². The molecule has 0 bridgehead atoms. The van der Waals surface area contributed by atoms with Gasteiger partial charge in [-0.2, -0.15) is 0 Å². The van der Waals surface area contributed by atoms with Crippen LogP contribution >= 0.6 is 11.8 Å². The molecule has 0 fully saturated rings. The summed E-state index contributed by atoms with van der Waals surface area (Å²) in [6.07, 6.45) is 0. The van der Waals surface area contributed by atoms with Crippen molar-refractivity contribution in [2.75, 3.05) is 5.75 Å². The predicted molar refractivity (Wildman–Crippen MR) is 109 cm³/mol. The van der Waals surface area contributed by atoms with Gasteiger partial charge in [0.2, 0.25) is 5.91 Å². The van der Waals surface area contributed by atoms with E-state index in [1.165, 1.54) is 0 Å². The first kappa shape index (κ1) is 19.6. The fourth-order valence-corrected chi connectivity index (χ4v) is 3.57. The standard InChI is InChI=1S/C20H20N4O3S/c1-13(2)24-19(27)15-10-6-7-11-16(15)21-20(24)28-12-17(25)22-23-18(26)14-8-4-3-5-9-14/h3-11,13H,12H2,1-2H3,(H,22,25)(H,23,26). The molecule has 1 aromatic heterocycles. The van der Waals surface area contributed by atoms with E-state index in [4.69, 9.17) is 0 Å². The number of hydrogen-bond acceptors (Lipinski definition) is 5. The number of hydrazine groups is 1. The van der Waals surface area contributed by atoms with Crippen molar-refractivity contribution in [1.29, 1.82) is 0 Å². The zero-order valence-electron chi connectivity index (χ0n) is 15.5. The average molecular weight is 396 g/mol. The number of fused-ring (bicyclic) bond motifs is 1. The first-order chi connectivity index (χ1) is 13.5. The topological polar surface area (TPSA) is 93.1 Å². The summed E-state index contributed by atoms with van der Waals surface area (Å²) in [7, 11) is 0. The molecule has 3 rings (SSSR count). The molecular weight excluding hydrogens is 376 g/mol. The summed E-state index contributed by atoms with van der Waals surface area (Å²) in [5.41, 5.74) is 5.64. The van der Waals surface area contributed by atoms with Crippen molar-refractivity contribution < 1.29 is 9.59 Å². The van der Waals surface area contributed by atoms with Gasteiger partial charge in [0.1, 0.15) is 0 Å².